The lowest BCUT2D eigenvalue weighted by molar-refractivity contribution is 0.587. The lowest BCUT2D eigenvalue weighted by Crippen LogP contribution is -2.24. The summed E-state index contributed by atoms with van der Waals surface area (Å²) < 4.78 is 26.6. The van der Waals surface area contributed by atoms with E-state index >= 15 is 0 Å². The maximum absolute atomic E-state index is 11.7. The van der Waals surface area contributed by atoms with E-state index in [1.165, 1.54) is 0 Å². The molecular weight excluding hydrogens is 254 g/mol. The van der Waals surface area contributed by atoms with Crippen molar-refractivity contribution in [3.63, 3.8) is 0 Å². The molecule has 0 saturated carbocycles. The molecule has 0 aliphatic heterocycles. The summed E-state index contributed by atoms with van der Waals surface area (Å²) in [7, 11) is -3.43. The van der Waals surface area contributed by atoms with Gasteiger partial charge in [-0.2, -0.15) is 0 Å². The fourth-order valence-electron chi connectivity index (χ4n) is 0.854. The van der Waals surface area contributed by atoms with Crippen molar-refractivity contribution >= 4 is 33.0 Å². The molecule has 1 aromatic rings. The van der Waals surface area contributed by atoms with Crippen molar-refractivity contribution in [2.75, 3.05) is 6.54 Å². The van der Waals surface area contributed by atoms with Crippen molar-refractivity contribution in [1.29, 1.82) is 0 Å². The third-order valence-electron chi connectivity index (χ3n) is 1.66. The summed E-state index contributed by atoms with van der Waals surface area (Å²) in [6, 6.07) is 1.56. The van der Waals surface area contributed by atoms with E-state index in [2.05, 4.69) is 11.3 Å². The van der Waals surface area contributed by atoms with Crippen molar-refractivity contribution in [3.8, 4) is 0 Å². The molecule has 0 saturated heterocycles. The summed E-state index contributed by atoms with van der Waals surface area (Å²) in [6.45, 7) is 7.41. The first-order chi connectivity index (χ1) is 6.83. The van der Waals surface area contributed by atoms with Gasteiger partial charge in [0.2, 0.25) is 10.0 Å². The van der Waals surface area contributed by atoms with E-state index in [0.29, 0.717) is 4.34 Å². The lowest BCUT2D eigenvalue weighted by Gasteiger charge is -2.03. The predicted molar refractivity (Wildman–Crippen MR) is 64.1 cm³/mol. The van der Waals surface area contributed by atoms with Crippen LogP contribution in [0.4, 0.5) is 0 Å². The third-order valence-corrected chi connectivity index (χ3v) is 5.09. The number of aryl methyl sites for hydroxylation is 1. The summed E-state index contributed by atoms with van der Waals surface area (Å²) in [6.07, 6.45) is 0. The Morgan fingerprint density at radius 2 is 2.27 bits per heavy atom. The van der Waals surface area contributed by atoms with Crippen LogP contribution in [-0.4, -0.2) is 15.0 Å². The van der Waals surface area contributed by atoms with Gasteiger partial charge < -0.3 is 0 Å². The van der Waals surface area contributed by atoms with E-state index in [4.69, 9.17) is 11.6 Å². The van der Waals surface area contributed by atoms with Crippen LogP contribution in [0, 0.1) is 6.92 Å². The zero-order chi connectivity index (χ0) is 11.6. The van der Waals surface area contributed by atoms with Crippen LogP contribution < -0.4 is 4.72 Å². The van der Waals surface area contributed by atoms with E-state index in [-0.39, 0.29) is 10.8 Å². The van der Waals surface area contributed by atoms with Crippen molar-refractivity contribution < 1.29 is 8.42 Å². The van der Waals surface area contributed by atoms with E-state index in [1.54, 1.807) is 19.9 Å². The molecule has 0 bridgehead atoms. The summed E-state index contributed by atoms with van der Waals surface area (Å²) >= 11 is 6.87. The highest BCUT2D eigenvalue weighted by atomic mass is 35.5. The molecule has 0 amide bonds. The van der Waals surface area contributed by atoms with Crippen LogP contribution in [-0.2, 0) is 10.0 Å². The van der Waals surface area contributed by atoms with Crippen LogP contribution >= 0.6 is 22.9 Å². The predicted octanol–water partition coefficient (Wildman–Crippen LogP) is 2.56. The molecule has 0 radical (unpaired) electrons. The SMILES string of the molecule is C=C(C)CNS(=O)(=O)c1cc(C)c(Cl)s1. The second-order valence-electron chi connectivity index (χ2n) is 3.30. The summed E-state index contributed by atoms with van der Waals surface area (Å²) in [4.78, 5) is 0. The normalized spacial score (nSPS) is 11.7. The Balaban J connectivity index is 2.91. The molecule has 15 heavy (non-hydrogen) atoms. The van der Waals surface area contributed by atoms with Crippen LogP contribution in [0.5, 0.6) is 0 Å². The van der Waals surface area contributed by atoms with Gasteiger partial charge in [0.1, 0.15) is 4.21 Å². The maximum Gasteiger partial charge on any atom is 0.250 e. The first-order valence-corrected chi connectivity index (χ1v) is 6.90. The average Bonchev–Trinajstić information content (AvgIpc) is 2.45. The lowest BCUT2D eigenvalue weighted by atomic mass is 10.4. The van der Waals surface area contributed by atoms with Gasteiger partial charge >= 0.3 is 0 Å². The van der Waals surface area contributed by atoms with Crippen LogP contribution in [0.2, 0.25) is 4.34 Å². The molecule has 0 unspecified atom stereocenters. The Kier molecular flexibility index (Phi) is 3.94. The van der Waals surface area contributed by atoms with Crippen molar-refractivity contribution in [2.45, 2.75) is 18.1 Å². The van der Waals surface area contributed by atoms with Gasteiger partial charge in [-0.25, -0.2) is 13.1 Å². The van der Waals surface area contributed by atoms with E-state index in [1.807, 2.05) is 0 Å². The van der Waals surface area contributed by atoms with Gasteiger partial charge in [-0.3, -0.25) is 0 Å². The van der Waals surface area contributed by atoms with Crippen molar-refractivity contribution in [2.24, 2.45) is 0 Å². The number of rotatable bonds is 4. The Hall–Kier alpha value is -0.360. The molecule has 0 fully saturated rings. The highest BCUT2D eigenvalue weighted by Gasteiger charge is 2.17. The quantitative estimate of drug-likeness (QED) is 0.851. The summed E-state index contributed by atoms with van der Waals surface area (Å²) in [5.74, 6) is 0. The second-order valence-corrected chi connectivity index (χ2v) is 6.95. The molecule has 1 aromatic heterocycles. The summed E-state index contributed by atoms with van der Waals surface area (Å²) in [5.41, 5.74) is 1.54. The molecule has 6 heteroatoms. The minimum absolute atomic E-state index is 0.242. The number of halogens is 1. The van der Waals surface area contributed by atoms with E-state index < -0.39 is 10.0 Å². The molecule has 84 valence electrons. The maximum atomic E-state index is 11.7. The van der Waals surface area contributed by atoms with Gasteiger partial charge in [0.05, 0.1) is 4.34 Å². The van der Waals surface area contributed by atoms with Crippen LogP contribution in [0.3, 0.4) is 0 Å². The Morgan fingerprint density at radius 1 is 1.67 bits per heavy atom. The standard InChI is InChI=1S/C9H12ClNO2S2/c1-6(2)5-11-15(12,13)8-4-7(3)9(10)14-8/h4,11H,1,5H2,2-3H3. The molecule has 0 spiro atoms. The molecule has 1 heterocycles. The molecule has 0 aliphatic rings. The number of nitrogens with one attached hydrogen (secondary N) is 1. The highest BCUT2D eigenvalue weighted by molar-refractivity contribution is 7.91. The van der Waals surface area contributed by atoms with Gasteiger partial charge in [0.25, 0.3) is 0 Å². The van der Waals surface area contributed by atoms with Crippen LogP contribution in [0.15, 0.2) is 22.4 Å². The van der Waals surface area contributed by atoms with Gasteiger partial charge in [0, 0.05) is 6.54 Å². The molecule has 0 atom stereocenters. The second kappa shape index (κ2) is 4.65. The fraction of sp³-hybridized carbons (Fsp3) is 0.333. The fourth-order valence-corrected chi connectivity index (χ4v) is 3.70. The van der Waals surface area contributed by atoms with Crippen LogP contribution in [0.25, 0.3) is 0 Å². The molecule has 1 rings (SSSR count). The Morgan fingerprint density at radius 3 is 2.67 bits per heavy atom. The van der Waals surface area contributed by atoms with Gasteiger partial charge in [-0.15, -0.1) is 11.3 Å². The first kappa shape index (κ1) is 12.7. The Bertz CT molecular complexity index is 457. The minimum Gasteiger partial charge on any atom is -0.206 e. The Labute approximate surface area is 98.8 Å². The van der Waals surface area contributed by atoms with Crippen LogP contribution in [0.1, 0.15) is 12.5 Å². The highest BCUT2D eigenvalue weighted by Crippen LogP contribution is 2.29. The number of hydrogen-bond donors (Lipinski definition) is 1. The molecular formula is C9H12ClNO2S2. The molecule has 0 aliphatic carbocycles. The molecule has 1 N–H and O–H groups in total. The van der Waals surface area contributed by atoms with Gasteiger partial charge in [-0.05, 0) is 25.5 Å². The average molecular weight is 266 g/mol. The summed E-state index contributed by atoms with van der Waals surface area (Å²) in [5, 5.41) is 0. The van der Waals surface area contributed by atoms with Gasteiger partial charge in [0.15, 0.2) is 0 Å². The van der Waals surface area contributed by atoms with Crippen molar-refractivity contribution in [3.05, 3.63) is 28.1 Å². The number of hydrogen-bond acceptors (Lipinski definition) is 3. The third kappa shape index (κ3) is 3.31. The van der Waals surface area contributed by atoms with E-state index in [0.717, 1.165) is 22.5 Å². The largest absolute Gasteiger partial charge is 0.250 e. The zero-order valence-corrected chi connectivity index (χ0v) is 10.9. The van der Waals surface area contributed by atoms with Crippen molar-refractivity contribution in [1.82, 2.24) is 4.72 Å². The first-order valence-electron chi connectivity index (χ1n) is 4.23. The number of sulfonamides is 1. The minimum atomic E-state index is -3.43. The van der Waals surface area contributed by atoms with E-state index in [9.17, 15) is 8.42 Å². The smallest absolute Gasteiger partial charge is 0.206 e. The monoisotopic (exact) mass is 265 g/mol. The topological polar surface area (TPSA) is 46.2 Å². The zero-order valence-electron chi connectivity index (χ0n) is 8.50. The number of thiophene rings is 1. The molecule has 0 aromatic carbocycles. The molecule has 3 nitrogen and oxygen atoms in total. The van der Waals surface area contributed by atoms with Gasteiger partial charge in [-0.1, -0.05) is 23.8 Å².